The van der Waals surface area contributed by atoms with Crippen LogP contribution in [0, 0.1) is 0 Å². The van der Waals surface area contributed by atoms with Gasteiger partial charge >= 0.3 is 0 Å². The third-order valence-electron chi connectivity index (χ3n) is 4.19. The molecule has 2 N–H and O–H groups in total. The van der Waals surface area contributed by atoms with Crippen LogP contribution in [0.2, 0.25) is 0 Å². The van der Waals surface area contributed by atoms with E-state index in [1.54, 1.807) is 24.4 Å². The number of amides is 1. The van der Waals surface area contributed by atoms with Crippen molar-refractivity contribution in [1.29, 1.82) is 0 Å². The third kappa shape index (κ3) is 2.98. The zero-order chi connectivity index (χ0) is 17.9. The van der Waals surface area contributed by atoms with Crippen molar-refractivity contribution in [3.05, 3.63) is 94.3 Å². The average molecular weight is 341 g/mol. The minimum atomic E-state index is -0.427. The zero-order valence-corrected chi connectivity index (χ0v) is 13.8. The van der Waals surface area contributed by atoms with Crippen molar-refractivity contribution >= 4 is 33.8 Å². The normalized spacial score (nSPS) is 11.2. The number of carbonyl (C=O) groups excluding carboxylic acids is 1. The lowest BCUT2D eigenvalue weighted by molar-refractivity contribution is 0.0956. The van der Waals surface area contributed by atoms with E-state index >= 15 is 0 Å². The van der Waals surface area contributed by atoms with Gasteiger partial charge in [-0.3, -0.25) is 9.59 Å². The predicted octanol–water partition coefficient (Wildman–Crippen LogP) is 3.45. The number of fused-ring (bicyclic) bond motifs is 2. The number of nitrogens with zero attached hydrogens (tertiary/aromatic N) is 1. The first-order valence-corrected chi connectivity index (χ1v) is 8.15. The molecule has 0 saturated carbocycles. The Balaban J connectivity index is 1.63. The minimum Gasteiger partial charge on any atom is -0.322 e. The van der Waals surface area contributed by atoms with Crippen LogP contribution in [0.5, 0.6) is 0 Å². The van der Waals surface area contributed by atoms with Crippen molar-refractivity contribution in [3.8, 4) is 0 Å². The number of hydrazone groups is 1. The fraction of sp³-hybridized carbons (Fsp3) is 0. The van der Waals surface area contributed by atoms with E-state index in [4.69, 9.17) is 0 Å². The molecule has 4 rings (SSSR count). The summed E-state index contributed by atoms with van der Waals surface area (Å²) in [4.78, 5) is 27.0. The van der Waals surface area contributed by atoms with Crippen molar-refractivity contribution in [2.24, 2.45) is 5.10 Å². The number of aromatic amines is 1. The monoisotopic (exact) mass is 341 g/mol. The Morgan fingerprint density at radius 1 is 0.923 bits per heavy atom. The maximum absolute atomic E-state index is 12.5. The quantitative estimate of drug-likeness (QED) is 0.442. The minimum absolute atomic E-state index is 0.291. The molecular weight excluding hydrogens is 326 g/mol. The molecule has 1 amide bonds. The highest BCUT2D eigenvalue weighted by Gasteiger charge is 2.10. The van der Waals surface area contributed by atoms with Crippen LogP contribution >= 0.6 is 0 Å². The van der Waals surface area contributed by atoms with Gasteiger partial charge in [0, 0.05) is 22.5 Å². The number of aromatic nitrogens is 1. The summed E-state index contributed by atoms with van der Waals surface area (Å²) < 4.78 is 0. The van der Waals surface area contributed by atoms with E-state index in [-0.39, 0.29) is 5.56 Å². The van der Waals surface area contributed by atoms with Crippen LogP contribution in [0.15, 0.2) is 82.7 Å². The van der Waals surface area contributed by atoms with Gasteiger partial charge in [0.15, 0.2) is 0 Å². The number of nitrogens with one attached hydrogen (secondary N) is 2. The van der Waals surface area contributed by atoms with Crippen LogP contribution in [0.4, 0.5) is 0 Å². The van der Waals surface area contributed by atoms with Crippen LogP contribution in [0.1, 0.15) is 15.9 Å². The molecule has 0 saturated heterocycles. The summed E-state index contributed by atoms with van der Waals surface area (Å²) in [6.07, 6.45) is 1.61. The fourth-order valence-electron chi connectivity index (χ4n) is 2.98. The Labute approximate surface area is 149 Å². The highest BCUT2D eigenvalue weighted by molar-refractivity contribution is 6.06. The number of pyridine rings is 1. The number of hydrogen-bond donors (Lipinski definition) is 2. The average Bonchev–Trinajstić information content (AvgIpc) is 2.67. The maximum Gasteiger partial charge on any atom is 0.272 e. The van der Waals surface area contributed by atoms with E-state index in [0.717, 1.165) is 16.3 Å². The third-order valence-corrected chi connectivity index (χ3v) is 4.19. The molecule has 4 aromatic rings. The molecule has 0 aliphatic rings. The molecule has 1 heterocycles. The fourth-order valence-corrected chi connectivity index (χ4v) is 2.98. The van der Waals surface area contributed by atoms with Crippen LogP contribution in [-0.4, -0.2) is 17.1 Å². The van der Waals surface area contributed by atoms with Crippen molar-refractivity contribution in [2.75, 3.05) is 0 Å². The molecule has 0 aliphatic heterocycles. The molecule has 0 bridgehead atoms. The molecule has 0 atom stereocenters. The van der Waals surface area contributed by atoms with Crippen molar-refractivity contribution in [3.63, 3.8) is 0 Å². The van der Waals surface area contributed by atoms with Gasteiger partial charge < -0.3 is 4.98 Å². The molecule has 26 heavy (non-hydrogen) atoms. The Morgan fingerprint density at radius 3 is 2.54 bits per heavy atom. The second kappa shape index (κ2) is 6.64. The number of hydrogen-bond acceptors (Lipinski definition) is 3. The summed E-state index contributed by atoms with van der Waals surface area (Å²) in [5.41, 5.74) is 3.99. The highest BCUT2D eigenvalue weighted by atomic mass is 16.2. The Morgan fingerprint density at radius 2 is 1.65 bits per heavy atom. The number of para-hydroxylation sites is 1. The van der Waals surface area contributed by atoms with Crippen LogP contribution in [0.25, 0.3) is 21.7 Å². The van der Waals surface area contributed by atoms with Gasteiger partial charge in [-0.25, -0.2) is 5.43 Å². The van der Waals surface area contributed by atoms with Crippen molar-refractivity contribution < 1.29 is 4.79 Å². The predicted molar refractivity (Wildman–Crippen MR) is 104 cm³/mol. The first kappa shape index (κ1) is 15.8. The highest BCUT2D eigenvalue weighted by Crippen LogP contribution is 2.17. The summed E-state index contributed by atoms with van der Waals surface area (Å²) in [5.74, 6) is -0.427. The lowest BCUT2D eigenvalue weighted by Gasteiger charge is -2.05. The summed E-state index contributed by atoms with van der Waals surface area (Å²) in [6, 6.07) is 22.3. The SMILES string of the molecule is O=C(N/N=C/c1cccc2ccccc12)c1cc(=O)[nH]c2ccccc12. The number of H-pyrrole nitrogens is 1. The zero-order valence-electron chi connectivity index (χ0n) is 13.8. The van der Waals surface area contributed by atoms with Gasteiger partial charge in [0.2, 0.25) is 5.56 Å². The smallest absolute Gasteiger partial charge is 0.272 e. The lowest BCUT2D eigenvalue weighted by atomic mass is 10.1. The largest absolute Gasteiger partial charge is 0.322 e. The summed E-state index contributed by atoms with van der Waals surface area (Å²) in [5, 5.41) is 6.89. The van der Waals surface area contributed by atoms with E-state index < -0.39 is 5.91 Å². The molecule has 0 unspecified atom stereocenters. The summed E-state index contributed by atoms with van der Waals surface area (Å²) in [6.45, 7) is 0. The van der Waals surface area contributed by atoms with Gasteiger partial charge in [0.05, 0.1) is 11.8 Å². The molecule has 126 valence electrons. The molecule has 0 aliphatic carbocycles. The number of benzene rings is 3. The standard InChI is InChI=1S/C21H15N3O2/c25-20-12-18(17-10-3-4-11-19(17)23-20)21(26)24-22-13-15-8-5-7-14-6-1-2-9-16(14)15/h1-13H,(H,23,25)(H,24,26)/b22-13+. The van der Waals surface area contributed by atoms with E-state index in [1.807, 2.05) is 48.5 Å². The topological polar surface area (TPSA) is 74.3 Å². The maximum atomic E-state index is 12.5. The Kier molecular flexibility index (Phi) is 4.03. The molecule has 5 heteroatoms. The summed E-state index contributed by atoms with van der Waals surface area (Å²) in [7, 11) is 0. The summed E-state index contributed by atoms with van der Waals surface area (Å²) >= 11 is 0. The first-order chi connectivity index (χ1) is 12.7. The van der Waals surface area contributed by atoms with E-state index in [2.05, 4.69) is 15.5 Å². The van der Waals surface area contributed by atoms with Crippen LogP contribution in [0.3, 0.4) is 0 Å². The lowest BCUT2D eigenvalue weighted by Crippen LogP contribution is -2.20. The van der Waals surface area contributed by atoms with Gasteiger partial charge in [-0.1, -0.05) is 60.7 Å². The Bertz CT molecular complexity index is 1200. The van der Waals surface area contributed by atoms with Gasteiger partial charge in [-0.15, -0.1) is 0 Å². The van der Waals surface area contributed by atoms with Gasteiger partial charge in [-0.05, 0) is 16.8 Å². The Hall–Kier alpha value is -3.73. The first-order valence-electron chi connectivity index (χ1n) is 8.15. The van der Waals surface area contributed by atoms with E-state index in [9.17, 15) is 9.59 Å². The molecular formula is C21H15N3O2. The van der Waals surface area contributed by atoms with Gasteiger partial charge in [0.1, 0.15) is 0 Å². The molecule has 3 aromatic carbocycles. The molecule has 5 nitrogen and oxygen atoms in total. The van der Waals surface area contributed by atoms with Crippen molar-refractivity contribution in [2.45, 2.75) is 0 Å². The van der Waals surface area contributed by atoms with Gasteiger partial charge in [-0.2, -0.15) is 5.10 Å². The molecule has 0 fully saturated rings. The molecule has 0 spiro atoms. The van der Waals surface area contributed by atoms with Gasteiger partial charge in [0.25, 0.3) is 5.91 Å². The van der Waals surface area contributed by atoms with Crippen LogP contribution < -0.4 is 11.0 Å². The number of rotatable bonds is 3. The van der Waals surface area contributed by atoms with E-state index in [0.29, 0.717) is 16.5 Å². The second-order valence-corrected chi connectivity index (χ2v) is 5.86. The molecule has 0 radical (unpaired) electrons. The number of carbonyl (C=O) groups is 1. The van der Waals surface area contributed by atoms with Crippen LogP contribution in [-0.2, 0) is 0 Å². The van der Waals surface area contributed by atoms with Crippen molar-refractivity contribution in [1.82, 2.24) is 10.4 Å². The molecule has 1 aromatic heterocycles. The second-order valence-electron chi connectivity index (χ2n) is 5.86. The van der Waals surface area contributed by atoms with E-state index in [1.165, 1.54) is 6.07 Å².